The predicted molar refractivity (Wildman–Crippen MR) is 121 cm³/mol. The Balaban J connectivity index is 1.41. The summed E-state index contributed by atoms with van der Waals surface area (Å²) in [6.45, 7) is 1.05. The molecule has 7 nitrogen and oxygen atoms in total. The van der Waals surface area contributed by atoms with E-state index in [9.17, 15) is 9.59 Å². The standard InChI is InChI=1S/C25H26N2O5/c1-30-20-8-5-17(6-9-20)21-16-19(7-10-22(21)31-2)26-24(28)18-11-13-27(14-12-18)25(29)23-4-3-15-32-23/h3-10,15-16,18H,11-14H2,1-2H3,(H,26,28). The van der Waals surface area contributed by atoms with Gasteiger partial charge in [-0.05, 0) is 60.9 Å². The van der Waals surface area contributed by atoms with Crippen molar-refractivity contribution in [1.29, 1.82) is 0 Å². The number of amides is 2. The molecule has 3 aromatic rings. The summed E-state index contributed by atoms with van der Waals surface area (Å²) in [4.78, 5) is 27.0. The summed E-state index contributed by atoms with van der Waals surface area (Å²) in [7, 11) is 3.25. The summed E-state index contributed by atoms with van der Waals surface area (Å²) in [6.07, 6.45) is 2.71. The number of hydrogen-bond acceptors (Lipinski definition) is 5. The number of benzene rings is 2. The molecule has 2 aromatic carbocycles. The van der Waals surface area contributed by atoms with Gasteiger partial charge in [0, 0.05) is 30.3 Å². The first-order chi connectivity index (χ1) is 15.6. The van der Waals surface area contributed by atoms with Crippen LogP contribution in [0, 0.1) is 5.92 Å². The number of nitrogens with one attached hydrogen (secondary N) is 1. The van der Waals surface area contributed by atoms with Gasteiger partial charge in [-0.2, -0.15) is 0 Å². The van der Waals surface area contributed by atoms with Crippen molar-refractivity contribution in [1.82, 2.24) is 4.90 Å². The average molecular weight is 434 g/mol. The van der Waals surface area contributed by atoms with Crippen LogP contribution in [0.25, 0.3) is 11.1 Å². The SMILES string of the molecule is COc1ccc(-c2cc(NC(=O)C3CCN(C(=O)c4ccco4)CC3)ccc2OC)cc1. The maximum atomic E-state index is 12.9. The smallest absolute Gasteiger partial charge is 0.289 e. The van der Waals surface area contributed by atoms with Gasteiger partial charge in [0.1, 0.15) is 11.5 Å². The van der Waals surface area contributed by atoms with E-state index in [0.717, 1.165) is 22.6 Å². The van der Waals surface area contributed by atoms with Crippen LogP contribution < -0.4 is 14.8 Å². The zero-order chi connectivity index (χ0) is 22.5. The third-order valence-corrected chi connectivity index (χ3v) is 5.75. The molecule has 32 heavy (non-hydrogen) atoms. The number of rotatable bonds is 6. The largest absolute Gasteiger partial charge is 0.497 e. The van der Waals surface area contributed by atoms with Crippen LogP contribution in [0.15, 0.2) is 65.3 Å². The van der Waals surface area contributed by atoms with Crippen LogP contribution in [0.2, 0.25) is 0 Å². The highest BCUT2D eigenvalue weighted by molar-refractivity contribution is 5.94. The molecular formula is C25H26N2O5. The minimum absolute atomic E-state index is 0.0408. The monoisotopic (exact) mass is 434 g/mol. The van der Waals surface area contributed by atoms with E-state index in [1.54, 1.807) is 31.3 Å². The molecule has 0 radical (unpaired) electrons. The second-order valence-electron chi connectivity index (χ2n) is 7.68. The number of piperidine rings is 1. The maximum Gasteiger partial charge on any atom is 0.289 e. The number of ether oxygens (including phenoxy) is 2. The summed E-state index contributed by atoms with van der Waals surface area (Å²) < 4.78 is 15.9. The molecule has 0 aliphatic carbocycles. The number of likely N-dealkylation sites (tertiary alicyclic amines) is 1. The fourth-order valence-corrected chi connectivity index (χ4v) is 3.93. The van der Waals surface area contributed by atoms with E-state index in [1.165, 1.54) is 6.26 Å². The summed E-state index contributed by atoms with van der Waals surface area (Å²) in [6, 6.07) is 16.6. The molecule has 1 aliphatic rings. The second-order valence-corrected chi connectivity index (χ2v) is 7.68. The molecule has 0 atom stereocenters. The molecule has 2 amide bonds. The van der Waals surface area contributed by atoms with E-state index in [0.29, 0.717) is 37.4 Å². The Hall–Kier alpha value is -3.74. The van der Waals surface area contributed by atoms with Gasteiger partial charge in [0.25, 0.3) is 5.91 Å². The van der Waals surface area contributed by atoms with Crippen molar-refractivity contribution in [3.63, 3.8) is 0 Å². The Morgan fingerprint density at radius 2 is 1.75 bits per heavy atom. The van der Waals surface area contributed by atoms with Gasteiger partial charge in [0.2, 0.25) is 5.91 Å². The molecule has 0 unspecified atom stereocenters. The van der Waals surface area contributed by atoms with Gasteiger partial charge in [-0.3, -0.25) is 9.59 Å². The van der Waals surface area contributed by atoms with Gasteiger partial charge >= 0.3 is 0 Å². The number of furan rings is 1. The molecule has 2 heterocycles. The lowest BCUT2D eigenvalue weighted by molar-refractivity contribution is -0.121. The summed E-state index contributed by atoms with van der Waals surface area (Å²) in [5, 5.41) is 3.03. The van der Waals surface area contributed by atoms with Crippen LogP contribution >= 0.6 is 0 Å². The first-order valence-electron chi connectivity index (χ1n) is 10.5. The molecular weight excluding hydrogens is 408 g/mol. The summed E-state index contributed by atoms with van der Waals surface area (Å²) in [5.41, 5.74) is 2.55. The highest BCUT2D eigenvalue weighted by Crippen LogP contribution is 2.34. The number of methoxy groups -OCH3 is 2. The van der Waals surface area contributed by atoms with Crippen LogP contribution in [-0.4, -0.2) is 44.0 Å². The number of hydrogen-bond donors (Lipinski definition) is 1. The zero-order valence-electron chi connectivity index (χ0n) is 18.2. The first-order valence-corrected chi connectivity index (χ1v) is 10.5. The molecule has 1 aliphatic heterocycles. The van der Waals surface area contributed by atoms with E-state index in [2.05, 4.69) is 5.32 Å². The van der Waals surface area contributed by atoms with E-state index >= 15 is 0 Å². The molecule has 4 rings (SSSR count). The van der Waals surface area contributed by atoms with Crippen molar-refractivity contribution >= 4 is 17.5 Å². The molecule has 0 bridgehead atoms. The lowest BCUT2D eigenvalue weighted by atomic mass is 9.95. The van der Waals surface area contributed by atoms with Gasteiger partial charge in [-0.15, -0.1) is 0 Å². The van der Waals surface area contributed by atoms with Crippen molar-refractivity contribution in [2.45, 2.75) is 12.8 Å². The molecule has 0 saturated carbocycles. The summed E-state index contributed by atoms with van der Waals surface area (Å²) in [5.74, 6) is 1.50. The number of carbonyl (C=O) groups is 2. The minimum Gasteiger partial charge on any atom is -0.497 e. The van der Waals surface area contributed by atoms with Crippen LogP contribution in [0.1, 0.15) is 23.4 Å². The molecule has 7 heteroatoms. The van der Waals surface area contributed by atoms with E-state index in [1.807, 2.05) is 42.5 Å². The number of carbonyl (C=O) groups excluding carboxylic acids is 2. The van der Waals surface area contributed by atoms with Crippen molar-refractivity contribution in [2.75, 3.05) is 32.6 Å². The third kappa shape index (κ3) is 4.61. The van der Waals surface area contributed by atoms with Crippen molar-refractivity contribution in [3.8, 4) is 22.6 Å². The Labute approximate surface area is 186 Å². The third-order valence-electron chi connectivity index (χ3n) is 5.75. The Morgan fingerprint density at radius 1 is 1.00 bits per heavy atom. The average Bonchev–Trinajstić information content (AvgIpc) is 3.39. The number of nitrogens with zero attached hydrogens (tertiary/aromatic N) is 1. The lowest BCUT2D eigenvalue weighted by Gasteiger charge is -2.30. The Morgan fingerprint density at radius 3 is 2.38 bits per heavy atom. The van der Waals surface area contributed by atoms with Crippen LogP contribution in [-0.2, 0) is 4.79 Å². The number of anilines is 1. The predicted octanol–water partition coefficient (Wildman–Crippen LogP) is 4.45. The van der Waals surface area contributed by atoms with Crippen molar-refractivity contribution in [2.24, 2.45) is 5.92 Å². The van der Waals surface area contributed by atoms with Crippen molar-refractivity contribution in [3.05, 3.63) is 66.6 Å². The van der Waals surface area contributed by atoms with Gasteiger partial charge in [0.05, 0.1) is 20.5 Å². The maximum absolute atomic E-state index is 12.9. The van der Waals surface area contributed by atoms with E-state index < -0.39 is 0 Å². The topological polar surface area (TPSA) is 81.0 Å². The second kappa shape index (κ2) is 9.60. The van der Waals surface area contributed by atoms with Gasteiger partial charge in [0.15, 0.2) is 5.76 Å². The van der Waals surface area contributed by atoms with Crippen LogP contribution in [0.3, 0.4) is 0 Å². The quantitative estimate of drug-likeness (QED) is 0.620. The van der Waals surface area contributed by atoms with Crippen LogP contribution in [0.4, 0.5) is 5.69 Å². The lowest BCUT2D eigenvalue weighted by Crippen LogP contribution is -2.41. The van der Waals surface area contributed by atoms with E-state index in [4.69, 9.17) is 13.9 Å². The van der Waals surface area contributed by atoms with Gasteiger partial charge < -0.3 is 24.1 Å². The molecule has 1 fully saturated rings. The van der Waals surface area contributed by atoms with Crippen LogP contribution in [0.5, 0.6) is 11.5 Å². The molecule has 166 valence electrons. The fourth-order valence-electron chi connectivity index (χ4n) is 3.93. The first kappa shape index (κ1) is 21.5. The molecule has 1 aromatic heterocycles. The van der Waals surface area contributed by atoms with Gasteiger partial charge in [-0.25, -0.2) is 0 Å². The highest BCUT2D eigenvalue weighted by Gasteiger charge is 2.29. The minimum atomic E-state index is -0.151. The normalized spacial score (nSPS) is 14.1. The molecule has 0 spiro atoms. The van der Waals surface area contributed by atoms with Crippen molar-refractivity contribution < 1.29 is 23.5 Å². The summed E-state index contributed by atoms with van der Waals surface area (Å²) >= 11 is 0. The fraction of sp³-hybridized carbons (Fsp3) is 0.280. The highest BCUT2D eigenvalue weighted by atomic mass is 16.5. The van der Waals surface area contributed by atoms with Gasteiger partial charge in [-0.1, -0.05) is 12.1 Å². The van der Waals surface area contributed by atoms with E-state index in [-0.39, 0.29) is 17.7 Å². The zero-order valence-corrected chi connectivity index (χ0v) is 18.2. The molecule has 1 saturated heterocycles. The molecule has 1 N–H and O–H groups in total. The Bertz CT molecular complexity index is 1070. The Kier molecular flexibility index (Phi) is 6.44.